The Kier molecular flexibility index (Phi) is 12.2. The Morgan fingerprint density at radius 3 is 1.43 bits per heavy atom. The van der Waals surface area contributed by atoms with Crippen molar-refractivity contribution in [1.82, 2.24) is 26.6 Å². The van der Waals surface area contributed by atoms with Crippen molar-refractivity contribution in [3.05, 3.63) is 120 Å². The molecule has 5 N–H and O–H groups in total. The van der Waals surface area contributed by atoms with Gasteiger partial charge in [0.2, 0.25) is 11.8 Å². The van der Waals surface area contributed by atoms with Crippen LogP contribution in [0.1, 0.15) is 44.7 Å². The van der Waals surface area contributed by atoms with Crippen molar-refractivity contribution in [2.45, 2.75) is 58.3 Å². The highest BCUT2D eigenvalue weighted by Crippen LogP contribution is 2.29. The number of hydrogen-bond acceptors (Lipinski definition) is 6. The lowest BCUT2D eigenvalue weighted by molar-refractivity contribution is -0.124. The van der Waals surface area contributed by atoms with Gasteiger partial charge in [0.05, 0.1) is 0 Å². The minimum absolute atomic E-state index is 0.0637. The van der Waals surface area contributed by atoms with Crippen molar-refractivity contribution in [2.24, 2.45) is 0 Å². The van der Waals surface area contributed by atoms with E-state index >= 15 is 0 Å². The van der Waals surface area contributed by atoms with E-state index in [1.54, 1.807) is 20.8 Å². The van der Waals surface area contributed by atoms with Crippen LogP contribution in [-0.2, 0) is 27.4 Å². The van der Waals surface area contributed by atoms with Gasteiger partial charge in [0, 0.05) is 45.7 Å². The number of benzene rings is 6. The first-order valence-electron chi connectivity index (χ1n) is 18.4. The number of hydrogen-bond donors (Lipinski definition) is 5. The summed E-state index contributed by atoms with van der Waals surface area (Å²) in [5, 5.41) is 25.0. The van der Waals surface area contributed by atoms with E-state index in [0.717, 1.165) is 0 Å². The quantitative estimate of drug-likeness (QED) is 0.0574. The van der Waals surface area contributed by atoms with Crippen LogP contribution in [0.15, 0.2) is 109 Å². The molecule has 0 heterocycles. The van der Waals surface area contributed by atoms with Crippen molar-refractivity contribution >= 4 is 61.0 Å². The third-order valence-corrected chi connectivity index (χ3v) is 9.26. The largest absolute Gasteiger partial charge is 0.444 e. The number of carbonyl (C=O) groups excluding carboxylic acids is 3. The second-order valence-electron chi connectivity index (χ2n) is 14.3. The van der Waals surface area contributed by atoms with Gasteiger partial charge in [-0.25, -0.2) is 4.79 Å². The van der Waals surface area contributed by atoms with Gasteiger partial charge in [-0.05, 0) is 93.5 Å². The van der Waals surface area contributed by atoms with Crippen LogP contribution in [0.3, 0.4) is 0 Å². The summed E-state index contributed by atoms with van der Waals surface area (Å²) in [4.78, 5) is 38.8. The highest BCUT2D eigenvalue weighted by molar-refractivity contribution is 6.03. The molecule has 0 fully saturated rings. The number of alkyl carbamates (subject to hydrolysis) is 1. The maximum absolute atomic E-state index is 13.3. The van der Waals surface area contributed by atoms with E-state index in [2.05, 4.69) is 99.4 Å². The zero-order valence-electron chi connectivity index (χ0n) is 30.8. The average molecular weight is 712 g/mol. The molecule has 0 spiro atoms. The Labute approximate surface area is 310 Å². The third kappa shape index (κ3) is 9.88. The molecule has 1 atom stereocenters. The lowest BCUT2D eigenvalue weighted by Gasteiger charge is -2.23. The van der Waals surface area contributed by atoms with Crippen LogP contribution in [0.5, 0.6) is 0 Å². The summed E-state index contributed by atoms with van der Waals surface area (Å²) in [6.07, 6.45) is -0.514. The molecule has 274 valence electrons. The van der Waals surface area contributed by atoms with Crippen molar-refractivity contribution < 1.29 is 19.1 Å². The van der Waals surface area contributed by atoms with Gasteiger partial charge in [0.15, 0.2) is 0 Å². The molecule has 3 amide bonds. The molecule has 0 saturated heterocycles. The molecule has 0 radical (unpaired) electrons. The Hall–Kier alpha value is -5.51. The Balaban J connectivity index is 0.982. The molecule has 0 bridgehead atoms. The molecule has 6 rings (SSSR count). The molecule has 0 aliphatic rings. The lowest BCUT2D eigenvalue weighted by Crippen LogP contribution is -2.49. The molecule has 0 aromatic heterocycles. The predicted octanol–water partition coefficient (Wildman–Crippen LogP) is 7.08. The van der Waals surface area contributed by atoms with Crippen LogP contribution >= 0.6 is 0 Å². The van der Waals surface area contributed by atoms with Crippen LogP contribution in [0.25, 0.3) is 43.1 Å². The van der Waals surface area contributed by atoms with E-state index < -0.39 is 17.7 Å². The third-order valence-electron chi connectivity index (χ3n) is 9.26. The molecule has 6 aromatic carbocycles. The van der Waals surface area contributed by atoms with Gasteiger partial charge in [-0.3, -0.25) is 9.59 Å². The SMILES string of the molecule is CC(C)(C)OC(=O)N[C@@H](CCC(=O)NCCNCc1c2ccccc2cc2ccccc12)C(=O)NCCNCc1c2ccccc2cc2ccccc12. The first-order valence-corrected chi connectivity index (χ1v) is 18.4. The van der Waals surface area contributed by atoms with Gasteiger partial charge < -0.3 is 31.3 Å². The molecule has 0 unspecified atom stereocenters. The van der Waals surface area contributed by atoms with E-state index in [4.69, 9.17) is 4.74 Å². The lowest BCUT2D eigenvalue weighted by atomic mass is 9.97. The molecule has 53 heavy (non-hydrogen) atoms. The van der Waals surface area contributed by atoms with Crippen molar-refractivity contribution in [3.63, 3.8) is 0 Å². The normalized spacial score (nSPS) is 12.2. The number of fused-ring (bicyclic) bond motifs is 4. The molecule has 0 aliphatic heterocycles. The fourth-order valence-corrected chi connectivity index (χ4v) is 6.79. The highest BCUT2D eigenvalue weighted by Gasteiger charge is 2.25. The van der Waals surface area contributed by atoms with Crippen LogP contribution < -0.4 is 26.6 Å². The van der Waals surface area contributed by atoms with Gasteiger partial charge in [-0.2, -0.15) is 0 Å². The number of ether oxygens (including phenoxy) is 1. The second kappa shape index (κ2) is 17.3. The van der Waals surface area contributed by atoms with E-state index in [1.807, 2.05) is 36.4 Å². The standard InChI is InChI=1S/C44H49N5O4/c1-44(2,3)53-43(52)49-40(42(51)48-25-23-46-29-39-36-18-10-6-14-32(36)27-33-15-7-11-19-37(33)39)20-21-41(50)47-24-22-45-28-38-34-16-8-4-12-30(34)26-31-13-5-9-17-35(31)38/h4-19,26-27,40,45-46H,20-25,28-29H2,1-3H3,(H,47,50)(H,48,51)(H,49,52)/t40-/m0/s1. The van der Waals surface area contributed by atoms with Crippen LogP contribution in [-0.4, -0.2) is 55.7 Å². The summed E-state index contributed by atoms with van der Waals surface area (Å²) in [7, 11) is 0. The van der Waals surface area contributed by atoms with E-state index in [-0.39, 0.29) is 24.7 Å². The summed E-state index contributed by atoms with van der Waals surface area (Å²) in [5.74, 6) is -0.569. The van der Waals surface area contributed by atoms with Crippen molar-refractivity contribution in [3.8, 4) is 0 Å². The fourth-order valence-electron chi connectivity index (χ4n) is 6.79. The van der Waals surface area contributed by atoms with Crippen molar-refractivity contribution in [2.75, 3.05) is 26.2 Å². The van der Waals surface area contributed by atoms with E-state index in [0.29, 0.717) is 39.3 Å². The number of amides is 3. The Morgan fingerprint density at radius 2 is 1.00 bits per heavy atom. The zero-order chi connectivity index (χ0) is 37.2. The topological polar surface area (TPSA) is 121 Å². The molecule has 6 aromatic rings. The Morgan fingerprint density at radius 1 is 0.585 bits per heavy atom. The molecule has 9 nitrogen and oxygen atoms in total. The van der Waals surface area contributed by atoms with Crippen molar-refractivity contribution in [1.29, 1.82) is 0 Å². The summed E-state index contributed by atoms with van der Waals surface area (Å²) in [6.45, 7) is 8.44. The minimum atomic E-state index is -0.935. The second-order valence-corrected chi connectivity index (χ2v) is 14.3. The summed E-state index contributed by atoms with van der Waals surface area (Å²) in [6, 6.07) is 36.9. The van der Waals surface area contributed by atoms with Gasteiger partial charge >= 0.3 is 6.09 Å². The van der Waals surface area contributed by atoms with Crippen LogP contribution in [0.4, 0.5) is 4.79 Å². The molecule has 9 heteroatoms. The van der Waals surface area contributed by atoms with Crippen LogP contribution in [0, 0.1) is 0 Å². The van der Waals surface area contributed by atoms with E-state index in [9.17, 15) is 14.4 Å². The minimum Gasteiger partial charge on any atom is -0.444 e. The maximum atomic E-state index is 13.3. The molecular formula is C44H49N5O4. The summed E-state index contributed by atoms with van der Waals surface area (Å²) in [5.41, 5.74) is 1.70. The smallest absolute Gasteiger partial charge is 0.408 e. The maximum Gasteiger partial charge on any atom is 0.408 e. The summed E-state index contributed by atoms with van der Waals surface area (Å²) >= 11 is 0. The molecular weight excluding hydrogens is 663 g/mol. The van der Waals surface area contributed by atoms with Gasteiger partial charge in [-0.15, -0.1) is 0 Å². The number of rotatable bonds is 15. The van der Waals surface area contributed by atoms with Gasteiger partial charge in [-0.1, -0.05) is 97.1 Å². The number of carbonyl (C=O) groups is 3. The van der Waals surface area contributed by atoms with Gasteiger partial charge in [0.25, 0.3) is 0 Å². The number of nitrogens with one attached hydrogen (secondary N) is 5. The summed E-state index contributed by atoms with van der Waals surface area (Å²) < 4.78 is 5.42. The first kappa shape index (κ1) is 37.3. The highest BCUT2D eigenvalue weighted by atomic mass is 16.6. The molecule has 0 aliphatic carbocycles. The Bertz CT molecular complexity index is 2120. The zero-order valence-corrected chi connectivity index (χ0v) is 30.8. The predicted molar refractivity (Wildman–Crippen MR) is 215 cm³/mol. The van der Waals surface area contributed by atoms with E-state index in [1.165, 1.54) is 54.2 Å². The monoisotopic (exact) mass is 711 g/mol. The fraction of sp³-hybridized carbons (Fsp3) is 0.295. The van der Waals surface area contributed by atoms with Gasteiger partial charge in [0.1, 0.15) is 11.6 Å². The first-order chi connectivity index (χ1) is 25.7. The molecule has 0 saturated carbocycles. The van der Waals surface area contributed by atoms with Crippen LogP contribution in [0.2, 0.25) is 0 Å². The average Bonchev–Trinajstić information content (AvgIpc) is 3.14.